The number of alkyl halides is 3. The number of oxime groups is 1. The van der Waals surface area contributed by atoms with Crippen molar-refractivity contribution in [3.05, 3.63) is 89.5 Å². The molecule has 0 heterocycles. The van der Waals surface area contributed by atoms with Gasteiger partial charge >= 0.3 is 12.1 Å². The number of hydrogen-bond acceptors (Lipinski definition) is 4. The van der Waals surface area contributed by atoms with Gasteiger partial charge < -0.3 is 14.7 Å². The fourth-order valence-electron chi connectivity index (χ4n) is 2.70. The minimum Gasteiger partial charge on any atom is -0.489 e. The van der Waals surface area contributed by atoms with Gasteiger partial charge in [0.15, 0.2) is 0 Å². The summed E-state index contributed by atoms with van der Waals surface area (Å²) in [6, 6.07) is 19.6. The first-order chi connectivity index (χ1) is 14.8. The second kappa shape index (κ2) is 9.80. The second-order valence-electron chi connectivity index (χ2n) is 6.53. The van der Waals surface area contributed by atoms with Crippen LogP contribution in [-0.4, -0.2) is 23.9 Å². The lowest BCUT2D eigenvalue weighted by molar-refractivity contribution is -0.142. The average molecular weight is 429 g/mol. The van der Waals surface area contributed by atoms with Crippen LogP contribution >= 0.6 is 0 Å². The van der Waals surface area contributed by atoms with Gasteiger partial charge in [-0.25, -0.2) is 4.79 Å². The number of nitrogens with zero attached hydrogens (tertiary/aromatic N) is 1. The minimum absolute atomic E-state index is 0.0290. The number of rotatable bonds is 8. The van der Waals surface area contributed by atoms with E-state index < -0.39 is 24.3 Å². The predicted octanol–water partition coefficient (Wildman–Crippen LogP) is 5.39. The Hall–Kier alpha value is -3.81. The maximum Gasteiger partial charge on any atom is 0.416 e. The SMILES string of the molecule is O=C(O)CON=Cc1ccc(-c2ccc(OCc3cccc(C(F)(F)F)c3)cc2)cc1. The highest BCUT2D eigenvalue weighted by molar-refractivity contribution is 5.80. The summed E-state index contributed by atoms with van der Waals surface area (Å²) in [4.78, 5) is 15.0. The first kappa shape index (κ1) is 21.9. The number of benzene rings is 3. The van der Waals surface area contributed by atoms with Crippen molar-refractivity contribution >= 4 is 12.2 Å². The monoisotopic (exact) mass is 429 g/mol. The lowest BCUT2D eigenvalue weighted by Gasteiger charge is -2.10. The van der Waals surface area contributed by atoms with Crippen molar-refractivity contribution in [3.63, 3.8) is 0 Å². The molecule has 3 aromatic carbocycles. The molecule has 0 saturated heterocycles. The van der Waals surface area contributed by atoms with Crippen LogP contribution in [0.5, 0.6) is 5.75 Å². The van der Waals surface area contributed by atoms with E-state index in [-0.39, 0.29) is 6.61 Å². The maximum absolute atomic E-state index is 12.8. The zero-order valence-electron chi connectivity index (χ0n) is 16.2. The third kappa shape index (κ3) is 6.60. The Balaban J connectivity index is 1.58. The lowest BCUT2D eigenvalue weighted by atomic mass is 10.0. The molecule has 0 radical (unpaired) electrons. The Kier molecular flexibility index (Phi) is 6.92. The van der Waals surface area contributed by atoms with Gasteiger partial charge in [0, 0.05) is 0 Å². The number of hydrogen-bond donors (Lipinski definition) is 1. The molecular weight excluding hydrogens is 411 g/mol. The van der Waals surface area contributed by atoms with Crippen LogP contribution in [0.25, 0.3) is 11.1 Å². The van der Waals surface area contributed by atoms with E-state index in [0.29, 0.717) is 11.3 Å². The van der Waals surface area contributed by atoms with Gasteiger partial charge in [0.05, 0.1) is 11.8 Å². The Morgan fingerprint density at radius 2 is 1.61 bits per heavy atom. The number of carboxylic acid groups (broad SMARTS) is 1. The van der Waals surface area contributed by atoms with Crippen LogP contribution < -0.4 is 4.74 Å². The fraction of sp³-hybridized carbons (Fsp3) is 0.130. The van der Waals surface area contributed by atoms with Crippen molar-refractivity contribution in [2.75, 3.05) is 6.61 Å². The highest BCUT2D eigenvalue weighted by Gasteiger charge is 2.30. The third-order valence-corrected chi connectivity index (χ3v) is 4.22. The first-order valence-corrected chi connectivity index (χ1v) is 9.18. The van der Waals surface area contributed by atoms with Crippen LogP contribution in [0.1, 0.15) is 16.7 Å². The van der Waals surface area contributed by atoms with Crippen molar-refractivity contribution in [2.24, 2.45) is 5.16 Å². The smallest absolute Gasteiger partial charge is 0.416 e. The molecule has 31 heavy (non-hydrogen) atoms. The summed E-state index contributed by atoms with van der Waals surface area (Å²) in [5.74, 6) is -0.560. The van der Waals surface area contributed by atoms with E-state index in [1.165, 1.54) is 12.3 Å². The van der Waals surface area contributed by atoms with E-state index >= 15 is 0 Å². The standard InChI is InChI=1S/C23H18F3NO4/c24-23(25,26)20-3-1-2-17(12-20)14-30-21-10-8-19(9-11-21)18-6-4-16(5-7-18)13-27-31-15-22(28)29/h1-13H,14-15H2,(H,28,29). The van der Waals surface area contributed by atoms with E-state index in [4.69, 9.17) is 9.84 Å². The molecule has 5 nitrogen and oxygen atoms in total. The van der Waals surface area contributed by atoms with Gasteiger partial charge in [0.25, 0.3) is 0 Å². The highest BCUT2D eigenvalue weighted by atomic mass is 19.4. The molecule has 0 aromatic heterocycles. The van der Waals surface area contributed by atoms with E-state index in [0.717, 1.165) is 28.8 Å². The van der Waals surface area contributed by atoms with Gasteiger partial charge in [0.2, 0.25) is 6.61 Å². The number of carboxylic acids is 1. The lowest BCUT2D eigenvalue weighted by Crippen LogP contribution is -2.06. The average Bonchev–Trinajstić information content (AvgIpc) is 2.76. The highest BCUT2D eigenvalue weighted by Crippen LogP contribution is 2.30. The molecule has 0 aliphatic rings. The van der Waals surface area contributed by atoms with Gasteiger partial charge in [-0.15, -0.1) is 0 Å². The van der Waals surface area contributed by atoms with Crippen LogP contribution in [-0.2, 0) is 22.4 Å². The first-order valence-electron chi connectivity index (χ1n) is 9.18. The predicted molar refractivity (Wildman–Crippen MR) is 109 cm³/mol. The van der Waals surface area contributed by atoms with Gasteiger partial charge in [-0.3, -0.25) is 0 Å². The number of carbonyl (C=O) groups is 1. The van der Waals surface area contributed by atoms with Gasteiger partial charge in [-0.2, -0.15) is 13.2 Å². The summed E-state index contributed by atoms with van der Waals surface area (Å²) in [5.41, 5.74) is 2.34. The largest absolute Gasteiger partial charge is 0.489 e. The summed E-state index contributed by atoms with van der Waals surface area (Å²) in [6.07, 6.45) is -2.97. The molecular formula is C23H18F3NO4. The van der Waals surface area contributed by atoms with Crippen molar-refractivity contribution in [2.45, 2.75) is 12.8 Å². The molecule has 0 fully saturated rings. The zero-order chi connectivity index (χ0) is 22.3. The Morgan fingerprint density at radius 1 is 0.968 bits per heavy atom. The molecule has 8 heteroatoms. The van der Waals surface area contributed by atoms with Crippen LogP contribution in [0.15, 0.2) is 78.0 Å². The topological polar surface area (TPSA) is 68.1 Å². The molecule has 0 aliphatic carbocycles. The van der Waals surface area contributed by atoms with E-state index in [9.17, 15) is 18.0 Å². The second-order valence-corrected chi connectivity index (χ2v) is 6.53. The van der Waals surface area contributed by atoms with Crippen LogP contribution in [0, 0.1) is 0 Å². The summed E-state index contributed by atoms with van der Waals surface area (Å²) < 4.78 is 44.0. The van der Waals surface area contributed by atoms with Gasteiger partial charge in [0.1, 0.15) is 12.4 Å². The zero-order valence-corrected chi connectivity index (χ0v) is 16.2. The summed E-state index contributed by atoms with van der Waals surface area (Å²) >= 11 is 0. The molecule has 0 spiro atoms. The summed E-state index contributed by atoms with van der Waals surface area (Å²) in [5, 5.41) is 12.1. The quantitative estimate of drug-likeness (QED) is 0.385. The molecule has 160 valence electrons. The summed E-state index contributed by atoms with van der Waals surface area (Å²) in [7, 11) is 0. The van der Waals surface area contributed by atoms with Crippen molar-refractivity contribution in [3.8, 4) is 16.9 Å². The van der Waals surface area contributed by atoms with Gasteiger partial charge in [-0.1, -0.05) is 53.7 Å². The van der Waals surface area contributed by atoms with Crippen LogP contribution in [0.4, 0.5) is 13.2 Å². The van der Waals surface area contributed by atoms with E-state index in [1.54, 1.807) is 30.3 Å². The molecule has 3 aromatic rings. The molecule has 1 N–H and O–H groups in total. The van der Waals surface area contributed by atoms with Crippen molar-refractivity contribution < 1.29 is 32.6 Å². The van der Waals surface area contributed by atoms with E-state index in [1.807, 2.05) is 24.3 Å². The summed E-state index contributed by atoms with van der Waals surface area (Å²) in [6.45, 7) is -0.474. The van der Waals surface area contributed by atoms with Crippen LogP contribution in [0.2, 0.25) is 0 Å². The Labute approximate surface area is 176 Å². The van der Waals surface area contributed by atoms with Crippen molar-refractivity contribution in [1.29, 1.82) is 0 Å². The Morgan fingerprint density at radius 3 is 2.23 bits per heavy atom. The van der Waals surface area contributed by atoms with E-state index in [2.05, 4.69) is 9.99 Å². The third-order valence-electron chi connectivity index (χ3n) is 4.22. The van der Waals surface area contributed by atoms with Crippen molar-refractivity contribution in [1.82, 2.24) is 0 Å². The molecule has 0 amide bonds. The molecule has 0 bridgehead atoms. The number of ether oxygens (including phenoxy) is 1. The number of aliphatic carboxylic acids is 1. The molecule has 0 saturated carbocycles. The van der Waals surface area contributed by atoms with Gasteiger partial charge in [-0.05, 0) is 46.5 Å². The molecule has 0 unspecified atom stereocenters. The molecule has 3 rings (SSSR count). The molecule has 0 aliphatic heterocycles. The number of halogens is 3. The maximum atomic E-state index is 12.8. The normalized spacial score (nSPS) is 11.5. The molecule has 0 atom stereocenters. The fourth-order valence-corrected chi connectivity index (χ4v) is 2.70. The Bertz CT molecular complexity index is 1050. The van der Waals surface area contributed by atoms with Crippen LogP contribution in [0.3, 0.4) is 0 Å². The minimum atomic E-state index is -4.38.